The van der Waals surface area contributed by atoms with Crippen molar-refractivity contribution in [3.8, 4) is 5.75 Å². The van der Waals surface area contributed by atoms with E-state index in [1.165, 1.54) is 12.1 Å². The van der Waals surface area contributed by atoms with Gasteiger partial charge in [0.05, 0.1) is 4.90 Å². The van der Waals surface area contributed by atoms with Crippen molar-refractivity contribution in [3.05, 3.63) is 24.3 Å². The van der Waals surface area contributed by atoms with Crippen LogP contribution in [0.1, 0.15) is 19.8 Å². The third kappa shape index (κ3) is 4.46. The van der Waals surface area contributed by atoms with Gasteiger partial charge in [-0.25, -0.2) is 8.42 Å². The summed E-state index contributed by atoms with van der Waals surface area (Å²) in [6, 6.07) is 6.22. The highest BCUT2D eigenvalue weighted by Gasteiger charge is 2.21. The van der Waals surface area contributed by atoms with Gasteiger partial charge in [-0.05, 0) is 37.0 Å². The van der Waals surface area contributed by atoms with E-state index in [-0.39, 0.29) is 17.4 Å². The number of carbonyl (C=O) groups excluding carboxylic acids is 1. The van der Waals surface area contributed by atoms with Crippen LogP contribution in [0.3, 0.4) is 0 Å². The SMILES string of the molecule is C[C@H]1CCCN(C(=O)COc2cccc(S(C)(=O)=O)c2)C1. The second kappa shape index (κ2) is 6.47. The van der Waals surface area contributed by atoms with Crippen molar-refractivity contribution in [1.82, 2.24) is 4.90 Å². The van der Waals surface area contributed by atoms with Crippen molar-refractivity contribution in [2.24, 2.45) is 5.92 Å². The second-order valence-electron chi connectivity index (χ2n) is 5.62. The smallest absolute Gasteiger partial charge is 0.260 e. The maximum absolute atomic E-state index is 12.1. The molecule has 1 fully saturated rings. The van der Waals surface area contributed by atoms with E-state index in [0.29, 0.717) is 11.7 Å². The first-order valence-electron chi connectivity index (χ1n) is 7.07. The zero-order valence-electron chi connectivity index (χ0n) is 12.4. The quantitative estimate of drug-likeness (QED) is 0.849. The van der Waals surface area contributed by atoms with Crippen molar-refractivity contribution in [2.45, 2.75) is 24.7 Å². The van der Waals surface area contributed by atoms with E-state index in [1.54, 1.807) is 12.1 Å². The lowest BCUT2D eigenvalue weighted by molar-refractivity contribution is -0.135. The molecule has 5 nitrogen and oxygen atoms in total. The number of benzene rings is 1. The van der Waals surface area contributed by atoms with E-state index in [4.69, 9.17) is 4.74 Å². The number of piperidine rings is 1. The molecule has 0 saturated carbocycles. The summed E-state index contributed by atoms with van der Waals surface area (Å²) in [4.78, 5) is 14.1. The van der Waals surface area contributed by atoms with Gasteiger partial charge in [-0.2, -0.15) is 0 Å². The summed E-state index contributed by atoms with van der Waals surface area (Å²) in [5, 5.41) is 0. The summed E-state index contributed by atoms with van der Waals surface area (Å²) in [6.07, 6.45) is 3.32. The Labute approximate surface area is 125 Å². The average molecular weight is 311 g/mol. The lowest BCUT2D eigenvalue weighted by Gasteiger charge is -2.30. The first-order valence-corrected chi connectivity index (χ1v) is 8.96. The van der Waals surface area contributed by atoms with Crippen LogP contribution in [0.25, 0.3) is 0 Å². The number of carbonyl (C=O) groups is 1. The van der Waals surface area contributed by atoms with Crippen LogP contribution in [0.4, 0.5) is 0 Å². The van der Waals surface area contributed by atoms with Crippen LogP contribution in [0.5, 0.6) is 5.75 Å². The van der Waals surface area contributed by atoms with Gasteiger partial charge in [-0.3, -0.25) is 4.79 Å². The molecule has 1 aromatic carbocycles. The van der Waals surface area contributed by atoms with Crippen LogP contribution >= 0.6 is 0 Å². The maximum atomic E-state index is 12.1. The molecule has 1 aromatic rings. The van der Waals surface area contributed by atoms with E-state index in [9.17, 15) is 13.2 Å². The molecular formula is C15H21NO4S. The molecule has 0 radical (unpaired) electrons. The van der Waals surface area contributed by atoms with Crippen LogP contribution in [-0.4, -0.2) is 45.2 Å². The van der Waals surface area contributed by atoms with E-state index < -0.39 is 9.84 Å². The van der Waals surface area contributed by atoms with Crippen molar-refractivity contribution in [3.63, 3.8) is 0 Å². The molecule has 1 amide bonds. The number of amides is 1. The number of sulfone groups is 1. The van der Waals surface area contributed by atoms with Crippen molar-refractivity contribution in [2.75, 3.05) is 26.0 Å². The summed E-state index contributed by atoms with van der Waals surface area (Å²) in [7, 11) is -3.27. The van der Waals surface area contributed by atoms with Crippen LogP contribution < -0.4 is 4.74 Å². The van der Waals surface area contributed by atoms with Crippen molar-refractivity contribution in [1.29, 1.82) is 0 Å². The zero-order valence-corrected chi connectivity index (χ0v) is 13.2. The monoisotopic (exact) mass is 311 g/mol. The molecule has 1 saturated heterocycles. The van der Waals surface area contributed by atoms with Crippen LogP contribution in [0.15, 0.2) is 29.2 Å². The minimum absolute atomic E-state index is 0.0497. The number of ether oxygens (including phenoxy) is 1. The summed E-state index contributed by atoms with van der Waals surface area (Å²) < 4.78 is 28.4. The Morgan fingerprint density at radius 1 is 1.43 bits per heavy atom. The van der Waals surface area contributed by atoms with Gasteiger partial charge in [-0.1, -0.05) is 13.0 Å². The standard InChI is InChI=1S/C15H21NO4S/c1-12-5-4-8-16(10-12)15(17)11-20-13-6-3-7-14(9-13)21(2,18)19/h3,6-7,9,12H,4-5,8,10-11H2,1-2H3/t12-/m0/s1. The second-order valence-corrected chi connectivity index (χ2v) is 7.64. The van der Waals surface area contributed by atoms with Gasteiger partial charge in [-0.15, -0.1) is 0 Å². The van der Waals surface area contributed by atoms with E-state index in [0.717, 1.165) is 32.2 Å². The van der Waals surface area contributed by atoms with Crippen LogP contribution in [0.2, 0.25) is 0 Å². The molecule has 0 N–H and O–H groups in total. The Morgan fingerprint density at radius 3 is 2.86 bits per heavy atom. The number of nitrogens with zero attached hydrogens (tertiary/aromatic N) is 1. The lowest BCUT2D eigenvalue weighted by atomic mass is 10.0. The fourth-order valence-electron chi connectivity index (χ4n) is 2.45. The van der Waals surface area contributed by atoms with Crippen LogP contribution in [-0.2, 0) is 14.6 Å². The van der Waals surface area contributed by atoms with Crippen molar-refractivity contribution < 1.29 is 17.9 Å². The van der Waals surface area contributed by atoms with Gasteiger partial charge < -0.3 is 9.64 Å². The number of hydrogen-bond donors (Lipinski definition) is 0. The Morgan fingerprint density at radius 2 is 2.19 bits per heavy atom. The number of likely N-dealkylation sites (tertiary alicyclic amines) is 1. The third-order valence-electron chi connectivity index (χ3n) is 3.61. The van der Waals surface area contributed by atoms with E-state index in [2.05, 4.69) is 6.92 Å². The summed E-state index contributed by atoms with van der Waals surface area (Å²) >= 11 is 0. The largest absolute Gasteiger partial charge is 0.484 e. The van der Waals surface area contributed by atoms with E-state index >= 15 is 0 Å². The Bertz CT molecular complexity index is 612. The Hall–Kier alpha value is -1.56. The normalized spacial score (nSPS) is 19.3. The molecule has 21 heavy (non-hydrogen) atoms. The minimum atomic E-state index is -3.27. The van der Waals surface area contributed by atoms with Crippen LogP contribution in [0, 0.1) is 5.92 Å². The number of hydrogen-bond acceptors (Lipinski definition) is 4. The van der Waals surface area contributed by atoms with Gasteiger partial charge in [0.25, 0.3) is 5.91 Å². The summed E-state index contributed by atoms with van der Waals surface area (Å²) in [6.45, 7) is 3.62. The molecule has 116 valence electrons. The third-order valence-corrected chi connectivity index (χ3v) is 4.72. The first kappa shape index (κ1) is 15.8. The predicted molar refractivity (Wildman–Crippen MR) is 80.0 cm³/mol. The zero-order chi connectivity index (χ0) is 15.5. The molecule has 0 bridgehead atoms. The predicted octanol–water partition coefficient (Wildman–Crippen LogP) is 1.73. The average Bonchev–Trinajstić information content (AvgIpc) is 2.44. The van der Waals surface area contributed by atoms with Gasteiger partial charge >= 0.3 is 0 Å². The fraction of sp³-hybridized carbons (Fsp3) is 0.533. The summed E-state index contributed by atoms with van der Waals surface area (Å²) in [5.74, 6) is 0.874. The maximum Gasteiger partial charge on any atom is 0.260 e. The number of rotatable bonds is 4. The highest BCUT2D eigenvalue weighted by atomic mass is 32.2. The highest BCUT2D eigenvalue weighted by molar-refractivity contribution is 7.90. The Balaban J connectivity index is 1.95. The molecular weight excluding hydrogens is 290 g/mol. The fourth-order valence-corrected chi connectivity index (χ4v) is 3.10. The lowest BCUT2D eigenvalue weighted by Crippen LogP contribution is -2.41. The molecule has 1 atom stereocenters. The molecule has 0 spiro atoms. The first-order chi connectivity index (χ1) is 9.86. The Kier molecular flexibility index (Phi) is 4.88. The molecule has 1 heterocycles. The van der Waals surface area contributed by atoms with Gasteiger partial charge in [0.15, 0.2) is 16.4 Å². The minimum Gasteiger partial charge on any atom is -0.484 e. The van der Waals surface area contributed by atoms with Crippen molar-refractivity contribution >= 4 is 15.7 Å². The van der Waals surface area contributed by atoms with E-state index in [1.807, 2.05) is 4.90 Å². The molecule has 6 heteroatoms. The molecule has 0 aliphatic carbocycles. The topological polar surface area (TPSA) is 63.7 Å². The van der Waals surface area contributed by atoms with Gasteiger partial charge in [0.1, 0.15) is 5.75 Å². The molecule has 1 aliphatic rings. The highest BCUT2D eigenvalue weighted by Crippen LogP contribution is 2.18. The summed E-state index contributed by atoms with van der Waals surface area (Å²) in [5.41, 5.74) is 0. The van der Waals surface area contributed by atoms with Gasteiger partial charge in [0.2, 0.25) is 0 Å². The molecule has 0 aromatic heterocycles. The molecule has 0 unspecified atom stereocenters. The van der Waals surface area contributed by atoms with Gasteiger partial charge in [0, 0.05) is 19.3 Å². The molecule has 1 aliphatic heterocycles. The molecule has 2 rings (SSSR count).